The van der Waals surface area contributed by atoms with Gasteiger partial charge in [0, 0.05) is 0 Å². The van der Waals surface area contributed by atoms with E-state index in [9.17, 15) is 0 Å². The van der Waals surface area contributed by atoms with E-state index in [4.69, 9.17) is 0 Å². The van der Waals surface area contributed by atoms with Crippen LogP contribution in [0.5, 0.6) is 0 Å². The average Bonchev–Trinajstić information content (AvgIpc) is 3.32. The van der Waals surface area contributed by atoms with E-state index in [-0.39, 0.29) is 0 Å². The van der Waals surface area contributed by atoms with Gasteiger partial charge in [-0.05, 0) is 0 Å². The molecule has 0 unspecified atom stereocenters. The SMILES string of the molecule is CCCC[CH2][Sn]([CH2]CCC)([CH2]CCC)[c]1cc[c]([Sn]([CH2]CCC)([CH2]CCC)[CH2]CCC)s1. The molecule has 1 aromatic rings. The third-order valence-corrected chi connectivity index (χ3v) is 45.6. The second-order valence-corrected chi connectivity index (χ2v) is 40.1. The van der Waals surface area contributed by atoms with Crippen molar-refractivity contribution in [3.05, 3.63) is 12.1 Å². The normalized spacial score (nSPS) is 12.6. The van der Waals surface area contributed by atoms with Crippen molar-refractivity contribution in [3.8, 4) is 0 Å². The van der Waals surface area contributed by atoms with E-state index in [0.29, 0.717) is 0 Å². The quantitative estimate of drug-likeness (QED) is 0.0899. The number of hydrogen-bond acceptors (Lipinski definition) is 1. The topological polar surface area (TPSA) is 0 Å². The summed E-state index contributed by atoms with van der Waals surface area (Å²) in [6.07, 6.45) is 18.8. The van der Waals surface area contributed by atoms with Gasteiger partial charge in [0.2, 0.25) is 0 Å². The standard InChI is InChI=1S/C5H11.C4H2S.5C4H9.2Sn/c1-3-5-4-2;1-2-4-5-3-1;5*1-3-4-2;;/h1,3-5H2,2H3;1-2H;5*1,3-4H2,2H3;;. The summed E-state index contributed by atoms with van der Waals surface area (Å²) >= 11 is -2.11. The van der Waals surface area contributed by atoms with Crippen molar-refractivity contribution >= 4 is 53.9 Å². The zero-order chi connectivity index (χ0) is 23.7. The molecule has 0 saturated heterocycles. The van der Waals surface area contributed by atoms with Gasteiger partial charge in [-0.1, -0.05) is 0 Å². The minimum absolute atomic E-state index is 1.38. The van der Waals surface area contributed by atoms with Crippen molar-refractivity contribution in [1.29, 1.82) is 0 Å². The van der Waals surface area contributed by atoms with E-state index in [0.717, 1.165) is 0 Å². The fraction of sp³-hybridized carbons (Fsp3) is 0.862. The number of unbranched alkanes of at least 4 members (excludes halogenated alkanes) is 7. The van der Waals surface area contributed by atoms with Gasteiger partial charge in [0.25, 0.3) is 0 Å². The first-order chi connectivity index (χ1) is 15.6. The molecular weight excluding hydrogens is 618 g/mol. The maximum atomic E-state index is 2.75. The van der Waals surface area contributed by atoms with Gasteiger partial charge in [0.1, 0.15) is 0 Å². The van der Waals surface area contributed by atoms with Crippen molar-refractivity contribution in [2.45, 2.75) is 152 Å². The van der Waals surface area contributed by atoms with E-state index in [1.165, 1.54) is 83.5 Å². The monoisotopic (exact) mass is 678 g/mol. The van der Waals surface area contributed by atoms with Gasteiger partial charge in [-0.3, -0.25) is 0 Å². The molecule has 0 aromatic carbocycles. The summed E-state index contributed by atoms with van der Waals surface area (Å²) < 4.78 is 13.8. The molecule has 0 amide bonds. The summed E-state index contributed by atoms with van der Waals surface area (Å²) in [5.74, 6) is 0. The zero-order valence-electron chi connectivity index (χ0n) is 23.0. The third kappa shape index (κ3) is 10.1. The van der Waals surface area contributed by atoms with E-state index >= 15 is 0 Å². The first-order valence-electron chi connectivity index (χ1n) is 14.7. The molecule has 3 heteroatoms. The van der Waals surface area contributed by atoms with E-state index in [1.54, 1.807) is 26.6 Å². The predicted octanol–water partition coefficient (Wildman–Crippen LogP) is 10.3. The molecule has 0 atom stereocenters. The van der Waals surface area contributed by atoms with Gasteiger partial charge in [-0.15, -0.1) is 0 Å². The molecule has 188 valence electrons. The predicted molar refractivity (Wildman–Crippen MR) is 158 cm³/mol. The Morgan fingerprint density at radius 3 is 1.00 bits per heavy atom. The van der Waals surface area contributed by atoms with Crippen LogP contribution in [0.4, 0.5) is 0 Å². The Morgan fingerprint density at radius 1 is 0.438 bits per heavy atom. The molecule has 0 aliphatic carbocycles. The summed E-state index contributed by atoms with van der Waals surface area (Å²) in [5, 5.41) is 0. The second-order valence-electron chi connectivity index (χ2n) is 10.7. The summed E-state index contributed by atoms with van der Waals surface area (Å²) in [6, 6.07) is 5.50. The van der Waals surface area contributed by atoms with Crippen LogP contribution in [0.2, 0.25) is 26.6 Å². The molecule has 0 bridgehead atoms. The molecule has 0 aliphatic rings. The van der Waals surface area contributed by atoms with E-state index < -0.39 is 36.8 Å². The summed E-state index contributed by atoms with van der Waals surface area (Å²) in [5.41, 5.74) is 0. The molecule has 0 fully saturated rings. The molecule has 0 radical (unpaired) electrons. The van der Waals surface area contributed by atoms with Crippen molar-refractivity contribution in [1.82, 2.24) is 0 Å². The number of thiophene rings is 1. The van der Waals surface area contributed by atoms with Gasteiger partial charge in [0.05, 0.1) is 0 Å². The van der Waals surface area contributed by atoms with E-state index in [1.807, 2.05) is 5.79 Å². The zero-order valence-corrected chi connectivity index (χ0v) is 29.5. The molecule has 0 nitrogen and oxygen atoms in total. The van der Waals surface area contributed by atoms with Gasteiger partial charge < -0.3 is 0 Å². The van der Waals surface area contributed by atoms with Crippen LogP contribution in [0, 0.1) is 0 Å². The molecule has 0 aliphatic heterocycles. The van der Waals surface area contributed by atoms with Crippen LogP contribution in [0.1, 0.15) is 125 Å². The molecule has 0 saturated carbocycles. The van der Waals surface area contributed by atoms with Crippen LogP contribution in [-0.4, -0.2) is 36.8 Å². The Morgan fingerprint density at radius 2 is 0.719 bits per heavy atom. The molecule has 1 aromatic heterocycles. The molecule has 1 rings (SSSR count). The van der Waals surface area contributed by atoms with Crippen LogP contribution in [-0.2, 0) is 0 Å². The summed E-state index contributed by atoms with van der Waals surface area (Å²) in [4.78, 5) is 0. The van der Waals surface area contributed by atoms with Crippen LogP contribution in [0.3, 0.4) is 0 Å². The average molecular weight is 676 g/mol. The fourth-order valence-corrected chi connectivity index (χ4v) is 47.2. The molecule has 0 N–H and O–H groups in total. The molecular formula is C29H58SSn2. The Hall–Kier alpha value is 1.30. The minimum atomic E-state index is -2.28. The number of rotatable bonds is 21. The first kappa shape index (κ1) is 31.3. The Bertz CT molecular complexity index is 535. The third-order valence-electron chi connectivity index (χ3n) is 7.95. The Labute approximate surface area is 215 Å². The van der Waals surface area contributed by atoms with Crippen LogP contribution in [0.25, 0.3) is 0 Å². The fourth-order valence-electron chi connectivity index (χ4n) is 5.69. The van der Waals surface area contributed by atoms with Crippen molar-refractivity contribution in [2.75, 3.05) is 0 Å². The summed E-state index contributed by atoms with van der Waals surface area (Å²) in [7, 11) is 0. The van der Waals surface area contributed by atoms with E-state index in [2.05, 4.69) is 65.0 Å². The summed E-state index contributed by atoms with van der Waals surface area (Å²) in [6.45, 7) is 14.5. The number of hydrogen-bond donors (Lipinski definition) is 0. The van der Waals surface area contributed by atoms with Gasteiger partial charge >= 0.3 is 218 Å². The molecule has 32 heavy (non-hydrogen) atoms. The van der Waals surface area contributed by atoms with Crippen LogP contribution >= 0.6 is 11.3 Å². The second kappa shape index (κ2) is 18.5. The van der Waals surface area contributed by atoms with Crippen molar-refractivity contribution < 1.29 is 0 Å². The Kier molecular flexibility index (Phi) is 18.2. The van der Waals surface area contributed by atoms with Gasteiger partial charge in [0.15, 0.2) is 0 Å². The first-order valence-corrected chi connectivity index (χ1v) is 30.5. The molecule has 0 spiro atoms. The Balaban J connectivity index is 3.37. The van der Waals surface area contributed by atoms with Crippen LogP contribution < -0.4 is 5.79 Å². The van der Waals surface area contributed by atoms with Gasteiger partial charge in [-0.2, -0.15) is 0 Å². The maximum absolute atomic E-state index is 2.75. The van der Waals surface area contributed by atoms with Crippen molar-refractivity contribution in [2.24, 2.45) is 0 Å². The molecule has 1 heterocycles. The van der Waals surface area contributed by atoms with Gasteiger partial charge in [-0.25, -0.2) is 0 Å². The van der Waals surface area contributed by atoms with Crippen molar-refractivity contribution in [3.63, 3.8) is 0 Å². The van der Waals surface area contributed by atoms with Crippen LogP contribution in [0.15, 0.2) is 12.1 Å².